The third kappa shape index (κ3) is 5.71. The summed E-state index contributed by atoms with van der Waals surface area (Å²) < 4.78 is 18.0. The van der Waals surface area contributed by atoms with Gasteiger partial charge in [-0.25, -0.2) is 9.18 Å². The lowest BCUT2D eigenvalue weighted by Crippen LogP contribution is -2.34. The molecule has 0 saturated carbocycles. The monoisotopic (exact) mass is 317 g/mol. The van der Waals surface area contributed by atoms with Gasteiger partial charge in [-0.2, -0.15) is 0 Å². The molecule has 2 rings (SSSR count). The molecule has 0 aliphatic carbocycles. The minimum absolute atomic E-state index is 0.194. The summed E-state index contributed by atoms with van der Waals surface area (Å²) in [6.45, 7) is 1.97. The Morgan fingerprint density at radius 1 is 1.17 bits per heavy atom. The molecule has 2 unspecified atom stereocenters. The largest absolute Gasteiger partial charge is 0.445 e. The molecule has 2 atom stereocenters. The Labute approximate surface area is 134 Å². The van der Waals surface area contributed by atoms with Gasteiger partial charge in [0, 0.05) is 6.04 Å². The smallest absolute Gasteiger partial charge is 0.407 e. The zero-order chi connectivity index (χ0) is 16.7. The Balaban J connectivity index is 1.76. The first kappa shape index (κ1) is 17.0. The summed E-state index contributed by atoms with van der Waals surface area (Å²) in [6.07, 6.45) is -1.00. The molecule has 2 N–H and O–H groups in total. The van der Waals surface area contributed by atoms with Crippen LogP contribution in [0.25, 0.3) is 0 Å². The second-order valence-corrected chi connectivity index (χ2v) is 5.41. The predicted molar refractivity (Wildman–Crippen MR) is 85.2 cm³/mol. The number of aliphatic hydroxyl groups excluding tert-OH is 1. The molecule has 1 amide bonds. The standard InChI is InChI=1S/C18H20FNO3/c1-13(11-17(21)15-7-9-16(19)10-8-15)20-18(22)23-12-14-5-3-2-4-6-14/h2-10,13,17,21H,11-12H2,1H3,(H,20,22). The number of rotatable bonds is 6. The van der Waals surface area contributed by atoms with E-state index in [4.69, 9.17) is 4.74 Å². The second kappa shape index (κ2) is 8.29. The highest BCUT2D eigenvalue weighted by molar-refractivity contribution is 5.67. The van der Waals surface area contributed by atoms with Crippen LogP contribution in [0.15, 0.2) is 54.6 Å². The molecule has 0 radical (unpaired) electrons. The second-order valence-electron chi connectivity index (χ2n) is 5.41. The summed E-state index contributed by atoms with van der Waals surface area (Å²) in [4.78, 5) is 11.7. The molecule has 23 heavy (non-hydrogen) atoms. The zero-order valence-electron chi connectivity index (χ0n) is 12.9. The molecule has 0 saturated heterocycles. The highest BCUT2D eigenvalue weighted by Gasteiger charge is 2.15. The van der Waals surface area contributed by atoms with Crippen molar-refractivity contribution in [1.29, 1.82) is 0 Å². The fourth-order valence-corrected chi connectivity index (χ4v) is 2.18. The summed E-state index contributed by atoms with van der Waals surface area (Å²) in [5.74, 6) is -0.350. The fraction of sp³-hybridized carbons (Fsp3) is 0.278. The van der Waals surface area contributed by atoms with E-state index in [-0.39, 0.29) is 18.5 Å². The van der Waals surface area contributed by atoms with Gasteiger partial charge >= 0.3 is 6.09 Å². The summed E-state index contributed by atoms with van der Waals surface area (Å²) in [5.41, 5.74) is 1.51. The minimum Gasteiger partial charge on any atom is -0.445 e. The van der Waals surface area contributed by atoms with E-state index in [0.29, 0.717) is 12.0 Å². The number of alkyl carbamates (subject to hydrolysis) is 1. The van der Waals surface area contributed by atoms with Gasteiger partial charge in [0.05, 0.1) is 6.10 Å². The first-order valence-electron chi connectivity index (χ1n) is 7.45. The SMILES string of the molecule is CC(CC(O)c1ccc(F)cc1)NC(=O)OCc1ccccc1. The fourth-order valence-electron chi connectivity index (χ4n) is 2.18. The first-order valence-corrected chi connectivity index (χ1v) is 7.45. The van der Waals surface area contributed by atoms with Gasteiger partial charge in [0.1, 0.15) is 12.4 Å². The number of carbonyl (C=O) groups excluding carboxylic acids is 1. The summed E-state index contributed by atoms with van der Waals surface area (Å²) in [5, 5.41) is 12.8. The third-order valence-corrected chi connectivity index (χ3v) is 3.41. The van der Waals surface area contributed by atoms with Gasteiger partial charge < -0.3 is 15.2 Å². The maximum atomic E-state index is 12.9. The Morgan fingerprint density at radius 3 is 2.48 bits per heavy atom. The maximum absolute atomic E-state index is 12.9. The van der Waals surface area contributed by atoms with E-state index in [2.05, 4.69) is 5.32 Å². The molecule has 0 heterocycles. The van der Waals surface area contributed by atoms with Gasteiger partial charge in [-0.15, -0.1) is 0 Å². The Morgan fingerprint density at radius 2 is 1.83 bits per heavy atom. The lowest BCUT2D eigenvalue weighted by atomic mass is 10.0. The highest BCUT2D eigenvalue weighted by atomic mass is 19.1. The van der Waals surface area contributed by atoms with Crippen LogP contribution in [-0.4, -0.2) is 17.2 Å². The van der Waals surface area contributed by atoms with E-state index >= 15 is 0 Å². The van der Waals surface area contributed by atoms with Gasteiger partial charge in [0.2, 0.25) is 0 Å². The quantitative estimate of drug-likeness (QED) is 0.856. The van der Waals surface area contributed by atoms with Gasteiger partial charge in [-0.1, -0.05) is 42.5 Å². The van der Waals surface area contributed by atoms with Crippen molar-refractivity contribution in [3.8, 4) is 0 Å². The number of benzene rings is 2. The number of ether oxygens (including phenoxy) is 1. The molecule has 0 fully saturated rings. The number of amides is 1. The number of hydrogen-bond acceptors (Lipinski definition) is 3. The van der Waals surface area contributed by atoms with Gasteiger partial charge in [-0.05, 0) is 36.6 Å². The van der Waals surface area contributed by atoms with E-state index in [1.54, 1.807) is 6.92 Å². The van der Waals surface area contributed by atoms with Crippen molar-refractivity contribution in [2.75, 3.05) is 0 Å². The molecule has 2 aromatic carbocycles. The lowest BCUT2D eigenvalue weighted by Gasteiger charge is -2.18. The van der Waals surface area contributed by atoms with Crippen LogP contribution in [0.1, 0.15) is 30.6 Å². The van der Waals surface area contributed by atoms with Crippen LogP contribution in [0, 0.1) is 5.82 Å². The Hall–Kier alpha value is -2.40. The lowest BCUT2D eigenvalue weighted by molar-refractivity contribution is 0.125. The van der Waals surface area contributed by atoms with Gasteiger partial charge in [0.25, 0.3) is 0 Å². The van der Waals surface area contributed by atoms with Gasteiger partial charge in [0.15, 0.2) is 0 Å². The molecule has 122 valence electrons. The third-order valence-electron chi connectivity index (χ3n) is 3.41. The van der Waals surface area contributed by atoms with E-state index in [0.717, 1.165) is 5.56 Å². The van der Waals surface area contributed by atoms with Crippen molar-refractivity contribution in [3.05, 3.63) is 71.5 Å². The number of aliphatic hydroxyl groups is 1. The number of nitrogens with one attached hydrogen (secondary N) is 1. The summed E-state index contributed by atoms with van der Waals surface area (Å²) in [6, 6.07) is 14.7. The van der Waals surface area contributed by atoms with E-state index < -0.39 is 12.2 Å². The summed E-state index contributed by atoms with van der Waals surface area (Å²) in [7, 11) is 0. The number of carbonyl (C=O) groups is 1. The van der Waals surface area contributed by atoms with Crippen LogP contribution in [0.5, 0.6) is 0 Å². The summed E-state index contributed by atoms with van der Waals surface area (Å²) >= 11 is 0. The first-order chi connectivity index (χ1) is 11.0. The molecule has 4 nitrogen and oxygen atoms in total. The van der Waals surface area contributed by atoms with Crippen molar-refractivity contribution in [1.82, 2.24) is 5.32 Å². The average molecular weight is 317 g/mol. The molecule has 0 aliphatic rings. The molecule has 0 aromatic heterocycles. The predicted octanol–water partition coefficient (Wildman–Crippen LogP) is 3.56. The van der Waals surface area contributed by atoms with Crippen molar-refractivity contribution in [3.63, 3.8) is 0 Å². The van der Waals surface area contributed by atoms with Crippen LogP contribution in [-0.2, 0) is 11.3 Å². The van der Waals surface area contributed by atoms with Crippen LogP contribution in [0.4, 0.5) is 9.18 Å². The maximum Gasteiger partial charge on any atom is 0.407 e. The molecular weight excluding hydrogens is 297 g/mol. The molecule has 5 heteroatoms. The van der Waals surface area contributed by atoms with Crippen molar-refractivity contribution in [2.24, 2.45) is 0 Å². The molecule has 0 bridgehead atoms. The van der Waals surface area contributed by atoms with Crippen LogP contribution in [0.2, 0.25) is 0 Å². The molecule has 0 spiro atoms. The zero-order valence-corrected chi connectivity index (χ0v) is 12.9. The van der Waals surface area contributed by atoms with Crippen LogP contribution >= 0.6 is 0 Å². The molecular formula is C18H20FNO3. The van der Waals surface area contributed by atoms with Crippen LogP contribution < -0.4 is 5.32 Å². The van der Waals surface area contributed by atoms with Crippen molar-refractivity contribution >= 4 is 6.09 Å². The molecule has 0 aliphatic heterocycles. The van der Waals surface area contributed by atoms with Gasteiger partial charge in [-0.3, -0.25) is 0 Å². The number of hydrogen-bond donors (Lipinski definition) is 2. The van der Waals surface area contributed by atoms with E-state index in [1.807, 2.05) is 30.3 Å². The minimum atomic E-state index is -0.778. The van der Waals surface area contributed by atoms with Crippen LogP contribution in [0.3, 0.4) is 0 Å². The topological polar surface area (TPSA) is 58.6 Å². The van der Waals surface area contributed by atoms with E-state index in [1.165, 1.54) is 24.3 Å². The van der Waals surface area contributed by atoms with E-state index in [9.17, 15) is 14.3 Å². The number of halogens is 1. The average Bonchev–Trinajstić information content (AvgIpc) is 2.54. The molecule has 2 aromatic rings. The normalized spacial score (nSPS) is 13.2. The Bertz CT molecular complexity index is 616. The van der Waals surface area contributed by atoms with Crippen molar-refractivity contribution in [2.45, 2.75) is 32.1 Å². The Kier molecular flexibility index (Phi) is 6.11. The van der Waals surface area contributed by atoms with Crippen molar-refractivity contribution < 1.29 is 19.0 Å². The highest BCUT2D eigenvalue weighted by Crippen LogP contribution is 2.18.